The van der Waals surface area contributed by atoms with Crippen LogP contribution < -0.4 is 5.73 Å². The summed E-state index contributed by atoms with van der Waals surface area (Å²) in [6, 6.07) is 6.00. The molecule has 2 bridgehead atoms. The molecule has 1 aromatic carbocycles. The Bertz CT molecular complexity index is 597. The highest BCUT2D eigenvalue weighted by Crippen LogP contribution is 2.58. The van der Waals surface area contributed by atoms with Gasteiger partial charge in [-0.05, 0) is 73.6 Å². The molecule has 0 aliphatic heterocycles. The van der Waals surface area contributed by atoms with E-state index in [-0.39, 0.29) is 17.4 Å². The molecule has 1 amide bonds. The first-order valence-corrected chi connectivity index (χ1v) is 8.21. The highest BCUT2D eigenvalue weighted by molar-refractivity contribution is 5.93. The minimum atomic E-state index is -0.347. The van der Waals surface area contributed by atoms with Crippen LogP contribution in [0.5, 0.6) is 0 Å². The number of nitrogens with two attached hydrogens (primary N) is 1. The monoisotopic (exact) mass is 285 g/mol. The second kappa shape index (κ2) is 4.57. The van der Waals surface area contributed by atoms with Crippen molar-refractivity contribution in [2.45, 2.75) is 56.5 Å². The molecule has 3 N–H and O–H groups in total. The number of amides is 1. The van der Waals surface area contributed by atoms with E-state index in [1.54, 1.807) is 0 Å². The molecule has 2 saturated carbocycles. The van der Waals surface area contributed by atoms with Gasteiger partial charge >= 0.3 is 0 Å². The molecule has 3 aliphatic carbocycles. The van der Waals surface area contributed by atoms with E-state index in [4.69, 9.17) is 5.73 Å². The Kier molecular flexibility index (Phi) is 2.90. The van der Waals surface area contributed by atoms with Crippen LogP contribution >= 0.6 is 0 Å². The molecule has 0 unspecified atom stereocenters. The van der Waals surface area contributed by atoms with E-state index < -0.39 is 0 Å². The molecule has 0 heterocycles. The van der Waals surface area contributed by atoms with Crippen molar-refractivity contribution >= 4 is 5.91 Å². The van der Waals surface area contributed by atoms with Crippen LogP contribution in [-0.4, -0.2) is 17.1 Å². The first-order chi connectivity index (χ1) is 10.1. The molecule has 1 aromatic rings. The standard InChI is InChI=1S/C18H23NO2/c19-17(21)13-4-3-12-8-11-2-1-7-18(16(12)9-13)10-14(20)5-6-15(11)18/h3-4,9,11,14-15,20H,1-2,5-8,10H2,(H2,19,21)/t11-,14+,15+,18+/m1/s1. The summed E-state index contributed by atoms with van der Waals surface area (Å²) in [4.78, 5) is 11.6. The molecule has 0 spiro atoms. The number of carbonyl (C=O) groups excluding carboxylic acids is 1. The molecule has 3 heteroatoms. The summed E-state index contributed by atoms with van der Waals surface area (Å²) in [6.45, 7) is 0. The third-order valence-electron chi connectivity index (χ3n) is 6.30. The summed E-state index contributed by atoms with van der Waals surface area (Å²) in [5, 5.41) is 10.3. The number of carbonyl (C=O) groups is 1. The Morgan fingerprint density at radius 3 is 2.95 bits per heavy atom. The number of aliphatic hydroxyl groups is 1. The molecule has 0 radical (unpaired) electrons. The summed E-state index contributed by atoms with van der Waals surface area (Å²) in [5.41, 5.74) is 8.90. The maximum Gasteiger partial charge on any atom is 0.248 e. The number of aliphatic hydroxyl groups excluding tert-OH is 1. The van der Waals surface area contributed by atoms with Gasteiger partial charge in [0.05, 0.1) is 6.10 Å². The van der Waals surface area contributed by atoms with Crippen molar-refractivity contribution in [2.24, 2.45) is 17.6 Å². The lowest BCUT2D eigenvalue weighted by Crippen LogP contribution is -2.52. The fourth-order valence-corrected chi connectivity index (χ4v) is 5.52. The molecule has 112 valence electrons. The largest absolute Gasteiger partial charge is 0.393 e. The fourth-order valence-electron chi connectivity index (χ4n) is 5.52. The van der Waals surface area contributed by atoms with Crippen LogP contribution in [0, 0.1) is 11.8 Å². The molecule has 3 nitrogen and oxygen atoms in total. The predicted octanol–water partition coefficient (Wildman–Crippen LogP) is 2.54. The van der Waals surface area contributed by atoms with Gasteiger partial charge in [-0.2, -0.15) is 0 Å². The number of primary amides is 1. The predicted molar refractivity (Wildman–Crippen MR) is 81.0 cm³/mol. The van der Waals surface area contributed by atoms with Crippen molar-refractivity contribution in [2.75, 3.05) is 0 Å². The highest BCUT2D eigenvalue weighted by Gasteiger charge is 2.53. The molecular weight excluding hydrogens is 262 g/mol. The first-order valence-electron chi connectivity index (χ1n) is 8.21. The van der Waals surface area contributed by atoms with Gasteiger partial charge in [0.2, 0.25) is 5.91 Å². The zero-order valence-electron chi connectivity index (χ0n) is 12.3. The molecule has 3 aliphatic rings. The van der Waals surface area contributed by atoms with Crippen LogP contribution in [0.15, 0.2) is 18.2 Å². The number of hydrogen-bond acceptors (Lipinski definition) is 2. The summed E-state index contributed by atoms with van der Waals surface area (Å²) >= 11 is 0. The highest BCUT2D eigenvalue weighted by atomic mass is 16.3. The van der Waals surface area contributed by atoms with E-state index in [1.165, 1.54) is 24.0 Å². The molecule has 4 atom stereocenters. The second-order valence-electron chi connectivity index (χ2n) is 7.29. The molecule has 0 aromatic heterocycles. The van der Waals surface area contributed by atoms with Gasteiger partial charge in [0.1, 0.15) is 0 Å². The lowest BCUT2D eigenvalue weighted by Gasteiger charge is -2.56. The smallest absolute Gasteiger partial charge is 0.248 e. The zero-order valence-corrected chi connectivity index (χ0v) is 12.3. The van der Waals surface area contributed by atoms with Crippen molar-refractivity contribution in [1.82, 2.24) is 0 Å². The van der Waals surface area contributed by atoms with Crippen molar-refractivity contribution in [3.63, 3.8) is 0 Å². The van der Waals surface area contributed by atoms with Crippen molar-refractivity contribution in [3.05, 3.63) is 34.9 Å². The maximum absolute atomic E-state index is 11.6. The van der Waals surface area contributed by atoms with Crippen LogP contribution in [0.3, 0.4) is 0 Å². The van der Waals surface area contributed by atoms with Crippen LogP contribution in [0.2, 0.25) is 0 Å². The Morgan fingerprint density at radius 2 is 2.14 bits per heavy atom. The lowest BCUT2D eigenvalue weighted by atomic mass is 9.48. The van der Waals surface area contributed by atoms with Crippen molar-refractivity contribution in [1.29, 1.82) is 0 Å². The van der Waals surface area contributed by atoms with Gasteiger partial charge in [-0.25, -0.2) is 0 Å². The van der Waals surface area contributed by atoms with E-state index in [0.717, 1.165) is 38.0 Å². The first kappa shape index (κ1) is 13.3. The summed E-state index contributed by atoms with van der Waals surface area (Å²) < 4.78 is 0. The van der Waals surface area contributed by atoms with Gasteiger partial charge in [0, 0.05) is 11.0 Å². The Morgan fingerprint density at radius 1 is 1.29 bits per heavy atom. The van der Waals surface area contributed by atoms with Crippen molar-refractivity contribution < 1.29 is 9.90 Å². The normalized spacial score (nSPS) is 37.5. The fraction of sp³-hybridized carbons (Fsp3) is 0.611. The SMILES string of the molecule is NC(=O)c1ccc2c(c1)[C@]13CCC[C@H](C2)[C@@H]1CC[C@H](O)C3. The summed E-state index contributed by atoms with van der Waals surface area (Å²) in [6.07, 6.45) is 7.59. The third kappa shape index (κ3) is 1.87. The van der Waals surface area contributed by atoms with Gasteiger partial charge in [0.15, 0.2) is 0 Å². The lowest BCUT2D eigenvalue weighted by molar-refractivity contribution is -0.0123. The van der Waals surface area contributed by atoms with E-state index in [0.29, 0.717) is 11.5 Å². The summed E-state index contributed by atoms with van der Waals surface area (Å²) in [7, 11) is 0. The van der Waals surface area contributed by atoms with Gasteiger partial charge in [0.25, 0.3) is 0 Å². The minimum Gasteiger partial charge on any atom is -0.393 e. The second-order valence-corrected chi connectivity index (χ2v) is 7.29. The molecule has 0 saturated heterocycles. The summed E-state index contributed by atoms with van der Waals surface area (Å²) in [5.74, 6) is 1.10. The molecule has 4 rings (SSSR count). The average molecular weight is 285 g/mol. The van der Waals surface area contributed by atoms with E-state index in [9.17, 15) is 9.90 Å². The number of rotatable bonds is 1. The van der Waals surface area contributed by atoms with E-state index in [2.05, 4.69) is 6.07 Å². The zero-order chi connectivity index (χ0) is 14.6. The average Bonchev–Trinajstić information content (AvgIpc) is 2.46. The van der Waals surface area contributed by atoms with Gasteiger partial charge in [-0.15, -0.1) is 0 Å². The van der Waals surface area contributed by atoms with Gasteiger partial charge in [-0.3, -0.25) is 4.79 Å². The van der Waals surface area contributed by atoms with E-state index >= 15 is 0 Å². The maximum atomic E-state index is 11.6. The van der Waals surface area contributed by atoms with Crippen LogP contribution in [0.25, 0.3) is 0 Å². The minimum absolute atomic E-state index is 0.0969. The van der Waals surface area contributed by atoms with Crippen LogP contribution in [-0.2, 0) is 11.8 Å². The van der Waals surface area contributed by atoms with Crippen LogP contribution in [0.4, 0.5) is 0 Å². The van der Waals surface area contributed by atoms with Crippen molar-refractivity contribution in [3.8, 4) is 0 Å². The Hall–Kier alpha value is -1.35. The quantitative estimate of drug-likeness (QED) is 0.833. The molecule has 21 heavy (non-hydrogen) atoms. The van der Waals surface area contributed by atoms with Crippen LogP contribution in [0.1, 0.15) is 60.0 Å². The van der Waals surface area contributed by atoms with Gasteiger partial charge < -0.3 is 10.8 Å². The Balaban J connectivity index is 1.88. The number of fused-ring (bicyclic) bond motifs is 1. The third-order valence-corrected chi connectivity index (χ3v) is 6.30. The molecule has 2 fully saturated rings. The van der Waals surface area contributed by atoms with Gasteiger partial charge in [-0.1, -0.05) is 12.5 Å². The number of hydrogen-bond donors (Lipinski definition) is 2. The van der Waals surface area contributed by atoms with E-state index in [1.807, 2.05) is 12.1 Å². The Labute approximate surface area is 125 Å². The topological polar surface area (TPSA) is 63.3 Å². The molecular formula is C18H23NO2. The number of benzene rings is 1.